The Morgan fingerprint density at radius 3 is 2.83 bits per heavy atom. The van der Waals surface area contributed by atoms with E-state index < -0.39 is 5.82 Å². The van der Waals surface area contributed by atoms with Crippen molar-refractivity contribution in [1.82, 2.24) is 9.97 Å². The lowest BCUT2D eigenvalue weighted by atomic mass is 10.1. The third-order valence-corrected chi connectivity index (χ3v) is 2.79. The Kier molecular flexibility index (Phi) is 3.67. The smallest absolute Gasteiger partial charge is 0.168 e. The van der Waals surface area contributed by atoms with Crippen molar-refractivity contribution in [2.24, 2.45) is 0 Å². The maximum atomic E-state index is 13.6. The average molecular weight is 265 g/mol. The molecule has 0 unspecified atom stereocenters. The second kappa shape index (κ2) is 5.23. The summed E-state index contributed by atoms with van der Waals surface area (Å²) in [5, 5.41) is 0.327. The Morgan fingerprint density at radius 1 is 1.39 bits per heavy atom. The maximum absolute atomic E-state index is 13.6. The van der Waals surface area contributed by atoms with Gasteiger partial charge >= 0.3 is 0 Å². The lowest BCUT2D eigenvalue weighted by Gasteiger charge is -2.06. The van der Waals surface area contributed by atoms with Crippen LogP contribution in [0.2, 0.25) is 5.02 Å². The SMILES string of the molecule is Cc1cc(C=O)nc(Cc2c(F)cccc2Cl)n1. The highest BCUT2D eigenvalue weighted by Gasteiger charge is 2.10. The number of rotatable bonds is 3. The summed E-state index contributed by atoms with van der Waals surface area (Å²) in [5.41, 5.74) is 1.28. The van der Waals surface area contributed by atoms with Gasteiger partial charge in [-0.2, -0.15) is 0 Å². The highest BCUT2D eigenvalue weighted by Crippen LogP contribution is 2.21. The standard InChI is InChI=1S/C13H10ClFN2O/c1-8-5-9(7-18)17-13(16-8)6-10-11(14)3-2-4-12(10)15/h2-5,7H,6H2,1H3. The quantitative estimate of drug-likeness (QED) is 0.801. The molecule has 0 amide bonds. The van der Waals surface area contributed by atoms with Crippen molar-refractivity contribution in [3.63, 3.8) is 0 Å². The molecule has 18 heavy (non-hydrogen) atoms. The summed E-state index contributed by atoms with van der Waals surface area (Å²) >= 11 is 5.93. The molecule has 0 aliphatic carbocycles. The molecule has 2 rings (SSSR count). The molecule has 0 aliphatic heterocycles. The Bertz CT molecular complexity index is 581. The van der Waals surface area contributed by atoms with Crippen molar-refractivity contribution >= 4 is 17.9 Å². The van der Waals surface area contributed by atoms with E-state index in [1.165, 1.54) is 12.1 Å². The Labute approximate surface area is 109 Å². The van der Waals surface area contributed by atoms with E-state index >= 15 is 0 Å². The third-order valence-electron chi connectivity index (χ3n) is 2.44. The van der Waals surface area contributed by atoms with Gasteiger partial charge in [-0.1, -0.05) is 17.7 Å². The summed E-state index contributed by atoms with van der Waals surface area (Å²) in [7, 11) is 0. The number of aromatic nitrogens is 2. The van der Waals surface area contributed by atoms with Gasteiger partial charge in [0, 0.05) is 22.7 Å². The number of halogens is 2. The number of aryl methyl sites for hydroxylation is 1. The van der Waals surface area contributed by atoms with E-state index in [1.807, 2.05) is 0 Å². The molecule has 0 N–H and O–H groups in total. The molecule has 0 saturated heterocycles. The van der Waals surface area contributed by atoms with Gasteiger partial charge in [-0.3, -0.25) is 4.79 Å². The van der Waals surface area contributed by atoms with Crippen LogP contribution in [0.15, 0.2) is 24.3 Å². The molecular weight excluding hydrogens is 255 g/mol. The number of aldehydes is 1. The first-order chi connectivity index (χ1) is 8.60. The molecule has 5 heteroatoms. The molecule has 92 valence electrons. The van der Waals surface area contributed by atoms with Crippen LogP contribution in [0.5, 0.6) is 0 Å². The van der Waals surface area contributed by atoms with E-state index in [4.69, 9.17) is 11.6 Å². The van der Waals surface area contributed by atoms with Crippen molar-refractivity contribution in [3.8, 4) is 0 Å². The third kappa shape index (κ3) is 2.71. The van der Waals surface area contributed by atoms with E-state index in [-0.39, 0.29) is 12.1 Å². The van der Waals surface area contributed by atoms with Gasteiger partial charge in [0.05, 0.1) is 0 Å². The Morgan fingerprint density at radius 2 is 2.17 bits per heavy atom. The predicted molar refractivity (Wildman–Crippen MR) is 66.4 cm³/mol. The molecule has 0 fully saturated rings. The largest absolute Gasteiger partial charge is 0.296 e. The molecule has 1 aromatic heterocycles. The fraction of sp³-hybridized carbons (Fsp3) is 0.154. The van der Waals surface area contributed by atoms with Crippen molar-refractivity contribution in [3.05, 3.63) is 57.9 Å². The van der Waals surface area contributed by atoms with Crippen LogP contribution in [0.3, 0.4) is 0 Å². The summed E-state index contributed by atoms with van der Waals surface area (Å²) < 4.78 is 13.6. The molecule has 1 heterocycles. The van der Waals surface area contributed by atoms with Crippen LogP contribution in [0.4, 0.5) is 4.39 Å². The minimum absolute atomic E-state index is 0.161. The van der Waals surface area contributed by atoms with E-state index in [2.05, 4.69) is 9.97 Å². The zero-order chi connectivity index (χ0) is 13.1. The first-order valence-corrected chi connectivity index (χ1v) is 5.70. The topological polar surface area (TPSA) is 42.9 Å². The number of nitrogens with zero attached hydrogens (tertiary/aromatic N) is 2. The molecule has 2 aromatic rings. The molecule has 3 nitrogen and oxygen atoms in total. The molecule has 0 aliphatic rings. The van der Waals surface area contributed by atoms with Gasteiger partial charge in [0.25, 0.3) is 0 Å². The molecule has 0 spiro atoms. The van der Waals surface area contributed by atoms with Crippen LogP contribution in [0.25, 0.3) is 0 Å². The highest BCUT2D eigenvalue weighted by atomic mass is 35.5. The van der Waals surface area contributed by atoms with Crippen LogP contribution >= 0.6 is 11.6 Å². The molecule has 0 atom stereocenters. The monoisotopic (exact) mass is 264 g/mol. The van der Waals surface area contributed by atoms with Gasteiger partial charge in [-0.25, -0.2) is 14.4 Å². The predicted octanol–water partition coefficient (Wildman–Crippen LogP) is 2.98. The van der Waals surface area contributed by atoms with E-state index in [0.717, 1.165) is 0 Å². The number of benzene rings is 1. The normalized spacial score (nSPS) is 10.4. The van der Waals surface area contributed by atoms with Crippen LogP contribution in [-0.4, -0.2) is 16.3 Å². The fourth-order valence-electron chi connectivity index (χ4n) is 1.65. The van der Waals surface area contributed by atoms with Gasteiger partial charge in [0.15, 0.2) is 6.29 Å². The van der Waals surface area contributed by atoms with Crippen LogP contribution < -0.4 is 0 Å². The maximum Gasteiger partial charge on any atom is 0.168 e. The van der Waals surface area contributed by atoms with Gasteiger partial charge in [0.1, 0.15) is 17.3 Å². The average Bonchev–Trinajstić information content (AvgIpc) is 2.33. The van der Waals surface area contributed by atoms with Gasteiger partial charge in [-0.15, -0.1) is 0 Å². The molecule has 0 radical (unpaired) electrons. The lowest BCUT2D eigenvalue weighted by molar-refractivity contribution is 0.111. The minimum atomic E-state index is -0.403. The van der Waals surface area contributed by atoms with Gasteiger partial charge < -0.3 is 0 Å². The van der Waals surface area contributed by atoms with Crippen LogP contribution in [0.1, 0.15) is 27.6 Å². The summed E-state index contributed by atoms with van der Waals surface area (Å²) in [4.78, 5) is 18.9. The van der Waals surface area contributed by atoms with Crippen LogP contribution in [0, 0.1) is 12.7 Å². The van der Waals surface area contributed by atoms with Crippen molar-refractivity contribution in [2.45, 2.75) is 13.3 Å². The summed E-state index contributed by atoms with van der Waals surface area (Å²) in [6.45, 7) is 1.75. The first kappa shape index (κ1) is 12.6. The zero-order valence-electron chi connectivity index (χ0n) is 9.65. The Hall–Kier alpha value is -1.81. The van der Waals surface area contributed by atoms with Crippen LogP contribution in [-0.2, 0) is 6.42 Å². The second-order valence-corrected chi connectivity index (χ2v) is 4.25. The number of carbonyl (C=O) groups excluding carboxylic acids is 1. The minimum Gasteiger partial charge on any atom is -0.296 e. The fourth-order valence-corrected chi connectivity index (χ4v) is 1.88. The summed E-state index contributed by atoms with van der Waals surface area (Å²) in [6.07, 6.45) is 0.801. The molecular formula is C13H10ClFN2O. The summed E-state index contributed by atoms with van der Waals surface area (Å²) in [5.74, 6) is -0.0237. The second-order valence-electron chi connectivity index (χ2n) is 3.85. The Balaban J connectivity index is 2.39. The van der Waals surface area contributed by atoms with Crippen molar-refractivity contribution in [1.29, 1.82) is 0 Å². The number of hydrogen-bond donors (Lipinski definition) is 0. The molecule has 1 aromatic carbocycles. The summed E-state index contributed by atoms with van der Waals surface area (Å²) in [6, 6.07) is 6.04. The number of carbonyl (C=O) groups is 1. The highest BCUT2D eigenvalue weighted by molar-refractivity contribution is 6.31. The van der Waals surface area contributed by atoms with E-state index in [1.54, 1.807) is 19.1 Å². The van der Waals surface area contributed by atoms with E-state index in [0.29, 0.717) is 28.4 Å². The lowest BCUT2D eigenvalue weighted by Crippen LogP contribution is -2.03. The number of hydrogen-bond acceptors (Lipinski definition) is 3. The molecule has 0 saturated carbocycles. The van der Waals surface area contributed by atoms with Gasteiger partial charge in [-0.05, 0) is 25.1 Å². The van der Waals surface area contributed by atoms with Crippen molar-refractivity contribution in [2.75, 3.05) is 0 Å². The van der Waals surface area contributed by atoms with Gasteiger partial charge in [0.2, 0.25) is 0 Å². The first-order valence-electron chi connectivity index (χ1n) is 5.33. The molecule has 0 bridgehead atoms. The van der Waals surface area contributed by atoms with Crippen molar-refractivity contribution < 1.29 is 9.18 Å². The van der Waals surface area contributed by atoms with E-state index in [9.17, 15) is 9.18 Å². The zero-order valence-corrected chi connectivity index (χ0v) is 10.4.